The van der Waals surface area contributed by atoms with Gasteiger partial charge in [-0.1, -0.05) is 18.9 Å². The van der Waals surface area contributed by atoms with Gasteiger partial charge in [-0.3, -0.25) is 4.79 Å². The highest BCUT2D eigenvalue weighted by atomic mass is 16.2. The van der Waals surface area contributed by atoms with Crippen LogP contribution in [0.2, 0.25) is 0 Å². The molecule has 0 aromatic carbocycles. The molecule has 17 heavy (non-hydrogen) atoms. The largest absolute Gasteiger partial charge is 0.336 e. The lowest BCUT2D eigenvalue weighted by Gasteiger charge is -2.35. The van der Waals surface area contributed by atoms with Crippen LogP contribution >= 0.6 is 0 Å². The first-order valence-electron chi connectivity index (χ1n) is 6.73. The Balaban J connectivity index is 2.73. The summed E-state index contributed by atoms with van der Waals surface area (Å²) < 4.78 is 0. The fraction of sp³-hybridized carbons (Fsp3) is 0.786. The molecule has 98 valence electrons. The number of carbonyl (C=O) groups is 1. The Kier molecular flexibility index (Phi) is 5.69. The summed E-state index contributed by atoms with van der Waals surface area (Å²) in [6.07, 6.45) is 6.29. The van der Waals surface area contributed by atoms with Gasteiger partial charge in [0.1, 0.15) is 0 Å². The topological polar surface area (TPSA) is 46.3 Å². The minimum Gasteiger partial charge on any atom is -0.336 e. The first kappa shape index (κ1) is 14.2. The summed E-state index contributed by atoms with van der Waals surface area (Å²) >= 11 is 0. The van der Waals surface area contributed by atoms with Gasteiger partial charge in [-0.25, -0.2) is 0 Å². The molecule has 0 aromatic heterocycles. The van der Waals surface area contributed by atoms with Gasteiger partial charge in [-0.2, -0.15) is 0 Å². The van der Waals surface area contributed by atoms with E-state index in [0.29, 0.717) is 19.0 Å². The van der Waals surface area contributed by atoms with Crippen LogP contribution in [0.5, 0.6) is 0 Å². The van der Waals surface area contributed by atoms with Crippen LogP contribution in [0.3, 0.4) is 0 Å². The molecule has 0 heterocycles. The van der Waals surface area contributed by atoms with Crippen molar-refractivity contribution in [3.63, 3.8) is 0 Å². The third-order valence-corrected chi connectivity index (χ3v) is 3.76. The van der Waals surface area contributed by atoms with Crippen molar-refractivity contribution in [3.8, 4) is 0 Å². The second-order valence-corrected chi connectivity index (χ2v) is 5.26. The number of hydrogen-bond donors (Lipinski definition) is 1. The molecule has 0 aliphatic heterocycles. The summed E-state index contributed by atoms with van der Waals surface area (Å²) in [4.78, 5) is 14.4. The Morgan fingerprint density at radius 1 is 1.47 bits per heavy atom. The highest BCUT2D eigenvalue weighted by molar-refractivity contribution is 5.79. The highest BCUT2D eigenvalue weighted by Crippen LogP contribution is 2.31. The van der Waals surface area contributed by atoms with Gasteiger partial charge in [0.15, 0.2) is 0 Å². The summed E-state index contributed by atoms with van der Waals surface area (Å²) in [5.41, 5.74) is 5.79. The van der Waals surface area contributed by atoms with E-state index in [1.54, 1.807) is 6.08 Å². The Labute approximate surface area is 105 Å². The van der Waals surface area contributed by atoms with Crippen LogP contribution in [0.1, 0.15) is 39.5 Å². The molecule has 0 spiro atoms. The maximum Gasteiger partial charge on any atom is 0.226 e. The summed E-state index contributed by atoms with van der Waals surface area (Å²) in [5.74, 6) is 0.786. The van der Waals surface area contributed by atoms with Gasteiger partial charge in [0.25, 0.3) is 0 Å². The van der Waals surface area contributed by atoms with E-state index in [2.05, 4.69) is 20.4 Å². The van der Waals surface area contributed by atoms with E-state index >= 15 is 0 Å². The molecule has 1 amide bonds. The average Bonchev–Trinajstić information content (AvgIpc) is 2.34. The van der Waals surface area contributed by atoms with E-state index in [9.17, 15) is 4.79 Å². The van der Waals surface area contributed by atoms with Crippen LogP contribution < -0.4 is 5.73 Å². The average molecular weight is 238 g/mol. The maximum atomic E-state index is 12.5. The molecule has 1 rings (SSSR count). The number of nitrogens with zero attached hydrogens (tertiary/aromatic N) is 1. The van der Waals surface area contributed by atoms with Gasteiger partial charge in [-0.05, 0) is 39.2 Å². The molecule has 1 aliphatic carbocycles. The normalized spacial score (nSPS) is 24.7. The first-order chi connectivity index (χ1) is 8.11. The second-order valence-electron chi connectivity index (χ2n) is 5.26. The molecule has 2 unspecified atom stereocenters. The summed E-state index contributed by atoms with van der Waals surface area (Å²) in [6.45, 7) is 9.12. The van der Waals surface area contributed by atoms with Crippen molar-refractivity contribution >= 4 is 5.91 Å². The van der Waals surface area contributed by atoms with E-state index in [1.165, 1.54) is 6.42 Å². The zero-order valence-electron chi connectivity index (χ0n) is 11.2. The summed E-state index contributed by atoms with van der Waals surface area (Å²) in [5, 5.41) is 0. The van der Waals surface area contributed by atoms with Crippen LogP contribution in [0.15, 0.2) is 12.7 Å². The molecule has 0 radical (unpaired) electrons. The van der Waals surface area contributed by atoms with E-state index < -0.39 is 0 Å². The fourth-order valence-corrected chi connectivity index (χ4v) is 2.72. The lowest BCUT2D eigenvalue weighted by atomic mass is 9.78. The molecule has 1 fully saturated rings. The van der Waals surface area contributed by atoms with Crippen molar-refractivity contribution in [1.82, 2.24) is 4.90 Å². The maximum absolute atomic E-state index is 12.5. The Bertz CT molecular complexity index is 263. The van der Waals surface area contributed by atoms with Gasteiger partial charge in [0.2, 0.25) is 5.91 Å². The van der Waals surface area contributed by atoms with Gasteiger partial charge < -0.3 is 10.6 Å². The molecule has 1 saturated carbocycles. The van der Waals surface area contributed by atoms with Crippen molar-refractivity contribution in [2.24, 2.45) is 17.6 Å². The van der Waals surface area contributed by atoms with Gasteiger partial charge in [-0.15, -0.1) is 6.58 Å². The van der Waals surface area contributed by atoms with Crippen LogP contribution in [0, 0.1) is 11.8 Å². The molecular weight excluding hydrogens is 212 g/mol. The lowest BCUT2D eigenvalue weighted by Crippen LogP contribution is -2.45. The van der Waals surface area contributed by atoms with Crippen molar-refractivity contribution < 1.29 is 4.79 Å². The Morgan fingerprint density at radius 3 is 2.65 bits per heavy atom. The van der Waals surface area contributed by atoms with Crippen molar-refractivity contribution in [2.45, 2.75) is 45.6 Å². The standard InChI is InChI=1S/C14H26N2O/c1-4-9-16(11(2)3)14(17)13-8-6-5-7-12(13)10-15/h4,11-13H,1,5-10,15H2,2-3H3. The lowest BCUT2D eigenvalue weighted by molar-refractivity contribution is -0.139. The van der Waals surface area contributed by atoms with Gasteiger partial charge in [0, 0.05) is 18.5 Å². The predicted octanol–water partition coefficient (Wildman–Crippen LogP) is 2.17. The van der Waals surface area contributed by atoms with E-state index in [1.807, 2.05) is 4.90 Å². The van der Waals surface area contributed by atoms with E-state index in [0.717, 1.165) is 19.3 Å². The second kappa shape index (κ2) is 6.80. The summed E-state index contributed by atoms with van der Waals surface area (Å²) in [7, 11) is 0. The molecule has 2 N–H and O–H groups in total. The predicted molar refractivity (Wildman–Crippen MR) is 71.5 cm³/mol. The number of amides is 1. The van der Waals surface area contributed by atoms with Crippen molar-refractivity contribution in [2.75, 3.05) is 13.1 Å². The van der Waals surface area contributed by atoms with Crippen LogP contribution in [0.25, 0.3) is 0 Å². The summed E-state index contributed by atoms with van der Waals surface area (Å²) in [6, 6.07) is 0.237. The van der Waals surface area contributed by atoms with Crippen molar-refractivity contribution in [3.05, 3.63) is 12.7 Å². The molecule has 0 aromatic rings. The fourth-order valence-electron chi connectivity index (χ4n) is 2.72. The monoisotopic (exact) mass is 238 g/mol. The zero-order chi connectivity index (χ0) is 12.8. The number of rotatable bonds is 5. The third kappa shape index (κ3) is 3.56. The van der Waals surface area contributed by atoms with Crippen LogP contribution in [-0.4, -0.2) is 29.9 Å². The quantitative estimate of drug-likeness (QED) is 0.746. The number of hydrogen-bond acceptors (Lipinski definition) is 2. The minimum absolute atomic E-state index is 0.135. The molecule has 3 heteroatoms. The number of nitrogens with two attached hydrogens (primary N) is 1. The molecule has 0 bridgehead atoms. The van der Waals surface area contributed by atoms with Crippen LogP contribution in [0.4, 0.5) is 0 Å². The molecule has 1 aliphatic rings. The van der Waals surface area contributed by atoms with E-state index in [4.69, 9.17) is 5.73 Å². The number of carbonyl (C=O) groups excluding carboxylic acids is 1. The zero-order valence-corrected chi connectivity index (χ0v) is 11.2. The SMILES string of the molecule is C=CCN(C(=O)C1CCCCC1CN)C(C)C. The van der Waals surface area contributed by atoms with Crippen LogP contribution in [-0.2, 0) is 4.79 Å². The van der Waals surface area contributed by atoms with Gasteiger partial charge in [0.05, 0.1) is 0 Å². The first-order valence-corrected chi connectivity index (χ1v) is 6.73. The smallest absolute Gasteiger partial charge is 0.226 e. The molecule has 3 nitrogen and oxygen atoms in total. The Hall–Kier alpha value is -0.830. The minimum atomic E-state index is 0.135. The molecule has 0 saturated heterocycles. The van der Waals surface area contributed by atoms with Crippen molar-refractivity contribution in [1.29, 1.82) is 0 Å². The highest BCUT2D eigenvalue weighted by Gasteiger charge is 2.33. The molecular formula is C14H26N2O. The third-order valence-electron chi connectivity index (χ3n) is 3.76. The van der Waals surface area contributed by atoms with E-state index in [-0.39, 0.29) is 17.9 Å². The molecule has 2 atom stereocenters. The Morgan fingerprint density at radius 2 is 2.12 bits per heavy atom. The van der Waals surface area contributed by atoms with Gasteiger partial charge >= 0.3 is 0 Å².